The predicted molar refractivity (Wildman–Crippen MR) is 93.9 cm³/mol. The second kappa shape index (κ2) is 5.14. The molecule has 0 saturated heterocycles. The molecule has 108 valence electrons. The van der Waals surface area contributed by atoms with E-state index in [0.717, 1.165) is 0 Å². The Morgan fingerprint density at radius 2 is 1.50 bits per heavy atom. The zero-order valence-corrected chi connectivity index (χ0v) is 13.1. The van der Waals surface area contributed by atoms with Crippen LogP contribution in [0.1, 0.15) is 30.9 Å². The van der Waals surface area contributed by atoms with Gasteiger partial charge in [0.2, 0.25) is 0 Å². The SMILES string of the molecule is CC1=CC(C(C)=CC2c3ccccc3-c3ccccc32)C=C1. The summed E-state index contributed by atoms with van der Waals surface area (Å²) in [4.78, 5) is 0. The first-order valence-corrected chi connectivity index (χ1v) is 7.97. The molecule has 0 bridgehead atoms. The molecule has 0 heterocycles. The van der Waals surface area contributed by atoms with Crippen LogP contribution >= 0.6 is 0 Å². The largest absolute Gasteiger partial charge is 0.0733 e. The Balaban J connectivity index is 1.80. The van der Waals surface area contributed by atoms with Crippen molar-refractivity contribution in [3.05, 3.63) is 95.1 Å². The average molecular weight is 284 g/mol. The Labute approximate surface area is 132 Å². The van der Waals surface area contributed by atoms with Crippen molar-refractivity contribution in [1.29, 1.82) is 0 Å². The predicted octanol–water partition coefficient (Wildman–Crippen LogP) is 5.88. The smallest absolute Gasteiger partial charge is 0.0284 e. The van der Waals surface area contributed by atoms with Crippen LogP contribution in [0.4, 0.5) is 0 Å². The summed E-state index contributed by atoms with van der Waals surface area (Å²) in [6, 6.07) is 17.6. The molecule has 0 nitrogen and oxygen atoms in total. The second-order valence-electron chi connectivity index (χ2n) is 6.36. The molecular formula is C22H20. The molecule has 0 fully saturated rings. The van der Waals surface area contributed by atoms with Crippen LogP contribution in [-0.2, 0) is 0 Å². The molecule has 2 aromatic carbocycles. The van der Waals surface area contributed by atoms with Crippen molar-refractivity contribution in [2.45, 2.75) is 19.8 Å². The second-order valence-corrected chi connectivity index (χ2v) is 6.36. The lowest BCUT2D eigenvalue weighted by molar-refractivity contribution is 0.936. The van der Waals surface area contributed by atoms with Gasteiger partial charge in [-0.3, -0.25) is 0 Å². The van der Waals surface area contributed by atoms with E-state index in [0.29, 0.717) is 11.8 Å². The van der Waals surface area contributed by atoms with Crippen LogP contribution in [0.3, 0.4) is 0 Å². The van der Waals surface area contributed by atoms with Crippen molar-refractivity contribution in [3.63, 3.8) is 0 Å². The fourth-order valence-electron chi connectivity index (χ4n) is 3.68. The van der Waals surface area contributed by atoms with Gasteiger partial charge in [0.25, 0.3) is 0 Å². The summed E-state index contributed by atoms with van der Waals surface area (Å²) in [6.07, 6.45) is 9.32. The first-order valence-electron chi connectivity index (χ1n) is 7.97. The van der Waals surface area contributed by atoms with E-state index in [1.54, 1.807) is 0 Å². The lowest BCUT2D eigenvalue weighted by Gasteiger charge is -2.13. The maximum absolute atomic E-state index is 2.45. The summed E-state index contributed by atoms with van der Waals surface area (Å²) in [5.41, 5.74) is 8.45. The Morgan fingerprint density at radius 1 is 0.909 bits per heavy atom. The highest BCUT2D eigenvalue weighted by molar-refractivity contribution is 5.79. The number of fused-ring (bicyclic) bond motifs is 3. The molecule has 0 amide bonds. The molecule has 1 atom stereocenters. The van der Waals surface area contributed by atoms with Crippen LogP contribution in [-0.4, -0.2) is 0 Å². The Bertz CT molecular complexity index is 772. The molecular weight excluding hydrogens is 264 g/mol. The van der Waals surface area contributed by atoms with Gasteiger partial charge in [0.05, 0.1) is 0 Å². The fraction of sp³-hybridized carbons (Fsp3) is 0.182. The summed E-state index contributed by atoms with van der Waals surface area (Å²) in [5.74, 6) is 0.843. The third-order valence-corrected chi connectivity index (χ3v) is 4.85. The maximum Gasteiger partial charge on any atom is 0.0284 e. The molecule has 1 unspecified atom stereocenters. The van der Waals surface area contributed by atoms with E-state index in [9.17, 15) is 0 Å². The summed E-state index contributed by atoms with van der Waals surface area (Å²) in [7, 11) is 0. The highest BCUT2D eigenvalue weighted by atomic mass is 14.3. The average Bonchev–Trinajstić information content (AvgIpc) is 3.11. The maximum atomic E-state index is 2.45. The van der Waals surface area contributed by atoms with Crippen molar-refractivity contribution in [2.24, 2.45) is 5.92 Å². The van der Waals surface area contributed by atoms with Crippen molar-refractivity contribution in [3.8, 4) is 11.1 Å². The summed E-state index contributed by atoms with van der Waals surface area (Å²) < 4.78 is 0. The molecule has 4 rings (SSSR count). The van der Waals surface area contributed by atoms with Crippen LogP contribution in [0.2, 0.25) is 0 Å². The minimum Gasteiger partial charge on any atom is -0.0733 e. The van der Waals surface area contributed by atoms with Gasteiger partial charge in [-0.15, -0.1) is 0 Å². The molecule has 0 heteroatoms. The Morgan fingerprint density at radius 3 is 2.05 bits per heavy atom. The van der Waals surface area contributed by atoms with Crippen LogP contribution in [0.25, 0.3) is 11.1 Å². The van der Waals surface area contributed by atoms with Crippen molar-refractivity contribution in [1.82, 2.24) is 0 Å². The van der Waals surface area contributed by atoms with Gasteiger partial charge in [0.1, 0.15) is 0 Å². The third kappa shape index (κ3) is 2.07. The highest BCUT2D eigenvalue weighted by Crippen LogP contribution is 2.46. The van der Waals surface area contributed by atoms with E-state index in [1.807, 2.05) is 0 Å². The molecule has 22 heavy (non-hydrogen) atoms. The van der Waals surface area contributed by atoms with Crippen LogP contribution < -0.4 is 0 Å². The van der Waals surface area contributed by atoms with E-state index in [4.69, 9.17) is 0 Å². The molecule has 0 radical (unpaired) electrons. The number of allylic oxidation sites excluding steroid dienone is 6. The summed E-state index contributed by atoms with van der Waals surface area (Å²) in [6.45, 7) is 4.43. The van der Waals surface area contributed by atoms with Crippen molar-refractivity contribution < 1.29 is 0 Å². The summed E-state index contributed by atoms with van der Waals surface area (Å²) >= 11 is 0. The molecule has 0 spiro atoms. The number of hydrogen-bond acceptors (Lipinski definition) is 0. The van der Waals surface area contributed by atoms with Crippen LogP contribution in [0, 0.1) is 5.92 Å². The van der Waals surface area contributed by atoms with E-state index in [-0.39, 0.29) is 0 Å². The zero-order chi connectivity index (χ0) is 15.1. The van der Waals surface area contributed by atoms with E-state index < -0.39 is 0 Å². The topological polar surface area (TPSA) is 0 Å². The number of benzene rings is 2. The standard InChI is InChI=1S/C22H20/c1-15-11-12-17(13-15)16(2)14-22-20-9-5-3-7-18(20)19-8-4-6-10-21(19)22/h3-14,17,22H,1-2H3. The van der Waals surface area contributed by atoms with E-state index in [2.05, 4.69) is 86.7 Å². The zero-order valence-electron chi connectivity index (χ0n) is 13.1. The van der Waals surface area contributed by atoms with Crippen LogP contribution in [0.5, 0.6) is 0 Å². The molecule has 2 aliphatic rings. The van der Waals surface area contributed by atoms with Gasteiger partial charge in [0, 0.05) is 11.8 Å². The monoisotopic (exact) mass is 284 g/mol. The van der Waals surface area contributed by atoms with Crippen molar-refractivity contribution >= 4 is 0 Å². The Hall–Kier alpha value is -2.34. The van der Waals surface area contributed by atoms with Crippen LogP contribution in [0.15, 0.2) is 84.0 Å². The molecule has 0 N–H and O–H groups in total. The number of hydrogen-bond donors (Lipinski definition) is 0. The lowest BCUT2D eigenvalue weighted by Crippen LogP contribution is -1.98. The lowest BCUT2D eigenvalue weighted by atomic mass is 9.91. The van der Waals surface area contributed by atoms with Gasteiger partial charge in [-0.1, -0.05) is 84.0 Å². The van der Waals surface area contributed by atoms with Gasteiger partial charge in [0.15, 0.2) is 0 Å². The molecule has 2 aliphatic carbocycles. The minimum absolute atomic E-state index is 0.384. The first-order chi connectivity index (χ1) is 10.7. The molecule has 0 aliphatic heterocycles. The van der Waals surface area contributed by atoms with E-state index >= 15 is 0 Å². The van der Waals surface area contributed by atoms with Crippen molar-refractivity contribution in [2.75, 3.05) is 0 Å². The molecule has 0 saturated carbocycles. The Kier molecular flexibility index (Phi) is 3.11. The minimum atomic E-state index is 0.384. The van der Waals surface area contributed by atoms with Gasteiger partial charge >= 0.3 is 0 Å². The quantitative estimate of drug-likeness (QED) is 0.604. The first kappa shape index (κ1) is 13.3. The van der Waals surface area contributed by atoms with Gasteiger partial charge in [-0.05, 0) is 36.1 Å². The van der Waals surface area contributed by atoms with Gasteiger partial charge in [-0.2, -0.15) is 0 Å². The van der Waals surface area contributed by atoms with Gasteiger partial charge in [-0.25, -0.2) is 0 Å². The fourth-order valence-corrected chi connectivity index (χ4v) is 3.68. The number of rotatable bonds is 2. The highest BCUT2D eigenvalue weighted by Gasteiger charge is 2.26. The van der Waals surface area contributed by atoms with Gasteiger partial charge < -0.3 is 0 Å². The summed E-state index contributed by atoms with van der Waals surface area (Å²) in [5, 5.41) is 0. The molecule has 0 aromatic heterocycles. The molecule has 2 aromatic rings. The third-order valence-electron chi connectivity index (χ3n) is 4.85. The normalized spacial score (nSPS) is 20.0. The van der Waals surface area contributed by atoms with E-state index in [1.165, 1.54) is 33.4 Å².